The van der Waals surface area contributed by atoms with Gasteiger partial charge in [-0.15, -0.1) is 0 Å². The zero-order valence-corrected chi connectivity index (χ0v) is 11.2. The maximum atomic E-state index is 10.8. The highest BCUT2D eigenvalue weighted by Crippen LogP contribution is 2.32. The summed E-state index contributed by atoms with van der Waals surface area (Å²) in [6.45, 7) is 0. The Hall–Kier alpha value is -2.87. The van der Waals surface area contributed by atoms with Crippen molar-refractivity contribution in [2.75, 3.05) is 0 Å². The lowest BCUT2D eigenvalue weighted by Crippen LogP contribution is -2.24. The van der Waals surface area contributed by atoms with Gasteiger partial charge in [-0.25, -0.2) is 10.2 Å². The van der Waals surface area contributed by atoms with Crippen LogP contribution in [0, 0.1) is 10.1 Å². The summed E-state index contributed by atoms with van der Waals surface area (Å²) in [5.41, 5.74) is 7.14. The standard InChI is InChI=1S/C12H9ClN4O4/c13-10-3-1-7(17(19)20)5-9(10)11-4-2-8(21-11)6-15-16-12(14)18/h1-6H,(H3,14,16,18)/b15-6-. The summed E-state index contributed by atoms with van der Waals surface area (Å²) in [5, 5.41) is 14.6. The maximum absolute atomic E-state index is 10.8. The first kappa shape index (κ1) is 14.5. The van der Waals surface area contributed by atoms with Gasteiger partial charge in [-0.1, -0.05) is 11.6 Å². The van der Waals surface area contributed by atoms with Gasteiger partial charge in [-0.2, -0.15) is 5.10 Å². The summed E-state index contributed by atoms with van der Waals surface area (Å²) in [7, 11) is 0. The van der Waals surface area contributed by atoms with Crippen LogP contribution in [0.2, 0.25) is 5.02 Å². The molecule has 0 aliphatic rings. The first-order chi connectivity index (χ1) is 9.97. The molecule has 0 saturated heterocycles. The van der Waals surface area contributed by atoms with E-state index in [1.165, 1.54) is 24.4 Å². The number of hydrogen-bond donors (Lipinski definition) is 2. The molecule has 2 amide bonds. The number of non-ortho nitro benzene ring substituents is 1. The third-order valence-electron chi connectivity index (χ3n) is 2.42. The fourth-order valence-corrected chi connectivity index (χ4v) is 1.75. The minimum Gasteiger partial charge on any atom is -0.455 e. The third kappa shape index (κ3) is 3.57. The Balaban J connectivity index is 2.29. The van der Waals surface area contributed by atoms with Gasteiger partial charge in [-0.05, 0) is 18.2 Å². The molecule has 0 aliphatic heterocycles. The van der Waals surface area contributed by atoms with Crippen molar-refractivity contribution < 1.29 is 14.1 Å². The Morgan fingerprint density at radius 3 is 2.86 bits per heavy atom. The number of urea groups is 1. The smallest absolute Gasteiger partial charge is 0.332 e. The summed E-state index contributed by atoms with van der Waals surface area (Å²) in [5.74, 6) is 0.658. The lowest BCUT2D eigenvalue weighted by Gasteiger charge is -2.00. The van der Waals surface area contributed by atoms with Crippen LogP contribution in [-0.4, -0.2) is 17.2 Å². The van der Waals surface area contributed by atoms with Crippen LogP contribution in [0.25, 0.3) is 11.3 Å². The molecule has 0 fully saturated rings. The van der Waals surface area contributed by atoms with Crippen LogP contribution in [0.15, 0.2) is 39.9 Å². The number of hydrogen-bond acceptors (Lipinski definition) is 5. The highest BCUT2D eigenvalue weighted by molar-refractivity contribution is 6.33. The van der Waals surface area contributed by atoms with Crippen molar-refractivity contribution in [1.82, 2.24) is 5.43 Å². The zero-order valence-electron chi connectivity index (χ0n) is 10.4. The second-order valence-electron chi connectivity index (χ2n) is 3.86. The van der Waals surface area contributed by atoms with Gasteiger partial charge < -0.3 is 10.2 Å². The van der Waals surface area contributed by atoms with Crippen molar-refractivity contribution in [3.63, 3.8) is 0 Å². The molecule has 0 aliphatic carbocycles. The maximum Gasteiger partial charge on any atom is 0.332 e. The second-order valence-corrected chi connectivity index (χ2v) is 4.26. The zero-order chi connectivity index (χ0) is 15.4. The normalized spacial score (nSPS) is 10.7. The molecule has 21 heavy (non-hydrogen) atoms. The van der Waals surface area contributed by atoms with Crippen molar-refractivity contribution in [2.45, 2.75) is 0 Å². The van der Waals surface area contributed by atoms with Crippen molar-refractivity contribution in [3.8, 4) is 11.3 Å². The highest BCUT2D eigenvalue weighted by Gasteiger charge is 2.13. The molecule has 2 rings (SSSR count). The number of benzene rings is 1. The lowest BCUT2D eigenvalue weighted by atomic mass is 10.1. The number of carbonyl (C=O) groups is 1. The quantitative estimate of drug-likeness (QED) is 0.511. The van der Waals surface area contributed by atoms with Gasteiger partial charge in [0.15, 0.2) is 0 Å². The van der Waals surface area contributed by atoms with Crippen LogP contribution in [-0.2, 0) is 0 Å². The van der Waals surface area contributed by atoms with Crippen LogP contribution in [0.4, 0.5) is 10.5 Å². The molecule has 1 aromatic carbocycles. The third-order valence-corrected chi connectivity index (χ3v) is 2.75. The predicted octanol–water partition coefficient (Wildman–Crippen LogP) is 2.51. The summed E-state index contributed by atoms with van der Waals surface area (Å²) in [6.07, 6.45) is 1.24. The first-order valence-electron chi connectivity index (χ1n) is 5.60. The summed E-state index contributed by atoms with van der Waals surface area (Å²) >= 11 is 6.00. The van der Waals surface area contributed by atoms with E-state index in [4.69, 9.17) is 21.8 Å². The van der Waals surface area contributed by atoms with Crippen LogP contribution >= 0.6 is 11.6 Å². The second kappa shape index (κ2) is 6.06. The van der Waals surface area contributed by atoms with Gasteiger partial charge in [0, 0.05) is 17.7 Å². The number of nitro benzene ring substituents is 1. The van der Waals surface area contributed by atoms with E-state index in [-0.39, 0.29) is 5.69 Å². The van der Waals surface area contributed by atoms with Crippen molar-refractivity contribution in [1.29, 1.82) is 0 Å². The number of furan rings is 1. The van der Waals surface area contributed by atoms with E-state index in [0.29, 0.717) is 22.1 Å². The Morgan fingerprint density at radius 2 is 2.19 bits per heavy atom. The van der Waals surface area contributed by atoms with E-state index in [2.05, 4.69) is 5.10 Å². The number of nitrogens with zero attached hydrogens (tertiary/aromatic N) is 2. The van der Waals surface area contributed by atoms with Gasteiger partial charge in [0.2, 0.25) is 0 Å². The van der Waals surface area contributed by atoms with E-state index in [1.54, 1.807) is 12.1 Å². The van der Waals surface area contributed by atoms with Gasteiger partial charge in [-0.3, -0.25) is 10.1 Å². The summed E-state index contributed by atoms with van der Waals surface area (Å²) in [6, 6.07) is 6.37. The Bertz CT molecular complexity index is 726. The van der Waals surface area contributed by atoms with Crippen LogP contribution in [0.3, 0.4) is 0 Å². The molecule has 2 aromatic rings. The van der Waals surface area contributed by atoms with Crippen molar-refractivity contribution in [3.05, 3.63) is 51.2 Å². The first-order valence-corrected chi connectivity index (χ1v) is 5.98. The summed E-state index contributed by atoms with van der Waals surface area (Å²) < 4.78 is 5.42. The average Bonchev–Trinajstić information content (AvgIpc) is 2.87. The number of rotatable bonds is 4. The van der Waals surface area contributed by atoms with Gasteiger partial charge >= 0.3 is 6.03 Å². The van der Waals surface area contributed by atoms with Crippen LogP contribution in [0.5, 0.6) is 0 Å². The van der Waals surface area contributed by atoms with E-state index < -0.39 is 11.0 Å². The molecule has 0 spiro atoms. The molecule has 108 valence electrons. The summed E-state index contributed by atoms with van der Waals surface area (Å²) in [4.78, 5) is 20.7. The number of halogens is 1. The SMILES string of the molecule is NC(=O)N/N=C\c1ccc(-c2cc([N+](=O)[O-])ccc2Cl)o1. The van der Waals surface area contributed by atoms with Crippen LogP contribution < -0.4 is 11.2 Å². The van der Waals surface area contributed by atoms with Crippen LogP contribution in [0.1, 0.15) is 5.76 Å². The number of primary amides is 1. The average molecular weight is 309 g/mol. The molecule has 9 heteroatoms. The number of nitrogens with two attached hydrogens (primary N) is 1. The fraction of sp³-hybridized carbons (Fsp3) is 0. The van der Waals surface area contributed by atoms with Gasteiger partial charge in [0.1, 0.15) is 11.5 Å². The Kier molecular flexibility index (Phi) is 4.19. The molecular formula is C12H9ClN4O4. The molecule has 0 unspecified atom stereocenters. The molecule has 0 saturated carbocycles. The molecule has 0 atom stereocenters. The molecule has 8 nitrogen and oxygen atoms in total. The van der Waals surface area contributed by atoms with E-state index in [0.717, 1.165) is 0 Å². The van der Waals surface area contributed by atoms with Gasteiger partial charge in [0.05, 0.1) is 16.2 Å². The predicted molar refractivity (Wildman–Crippen MR) is 76.1 cm³/mol. The molecule has 0 radical (unpaired) electrons. The Labute approximate surface area is 123 Å². The molecule has 3 N–H and O–H groups in total. The minimum absolute atomic E-state index is 0.101. The molecule has 1 heterocycles. The monoisotopic (exact) mass is 308 g/mol. The minimum atomic E-state index is -0.806. The van der Waals surface area contributed by atoms with E-state index >= 15 is 0 Å². The number of hydrazone groups is 1. The highest BCUT2D eigenvalue weighted by atomic mass is 35.5. The van der Waals surface area contributed by atoms with Crippen molar-refractivity contribution >= 4 is 29.5 Å². The number of nitrogens with one attached hydrogen (secondary N) is 1. The number of nitro groups is 1. The number of amides is 2. The largest absolute Gasteiger partial charge is 0.455 e. The number of carbonyl (C=O) groups excluding carboxylic acids is 1. The molecule has 0 bridgehead atoms. The van der Waals surface area contributed by atoms with E-state index in [9.17, 15) is 14.9 Å². The van der Waals surface area contributed by atoms with Gasteiger partial charge in [0.25, 0.3) is 5.69 Å². The molecular weight excluding hydrogens is 300 g/mol. The Morgan fingerprint density at radius 1 is 1.43 bits per heavy atom. The van der Waals surface area contributed by atoms with E-state index in [1.807, 2.05) is 5.43 Å². The topological polar surface area (TPSA) is 124 Å². The molecule has 1 aromatic heterocycles. The lowest BCUT2D eigenvalue weighted by molar-refractivity contribution is -0.384. The fourth-order valence-electron chi connectivity index (χ4n) is 1.54. The van der Waals surface area contributed by atoms with Crippen molar-refractivity contribution in [2.24, 2.45) is 10.8 Å².